The van der Waals surface area contributed by atoms with Crippen LogP contribution < -0.4 is 14.8 Å². The fraction of sp³-hybridized carbons (Fsp3) is 0.286. The number of nitrogens with one attached hydrogen (secondary N) is 1. The van der Waals surface area contributed by atoms with Gasteiger partial charge in [0.05, 0.1) is 11.8 Å². The van der Waals surface area contributed by atoms with Gasteiger partial charge in [-0.15, -0.1) is 10.2 Å². The standard InChI is InChI=1S/C21H20Cl2N4O3S/c1-12(14-8-7-13(22)9-15(14)23)24-19(28)11-31-21-26-25-20(27(21)2)18-10-29-16-5-3-4-6-17(16)30-18/h3-9,12,18H,10-11H2,1-2H3,(H,24,28)/t12-,18-/m0/s1. The van der Waals surface area contributed by atoms with Crippen LogP contribution >= 0.6 is 35.0 Å². The molecule has 0 spiro atoms. The molecule has 1 aliphatic rings. The summed E-state index contributed by atoms with van der Waals surface area (Å²) in [6.45, 7) is 2.21. The summed E-state index contributed by atoms with van der Waals surface area (Å²) in [5.74, 6) is 2.07. The second-order valence-corrected chi connectivity index (χ2v) is 8.79. The molecule has 1 amide bonds. The summed E-state index contributed by atoms with van der Waals surface area (Å²) in [5.41, 5.74) is 0.806. The number of halogens is 2. The summed E-state index contributed by atoms with van der Waals surface area (Å²) in [6.07, 6.45) is -0.373. The fourth-order valence-electron chi connectivity index (χ4n) is 3.22. The van der Waals surface area contributed by atoms with E-state index in [2.05, 4.69) is 15.5 Å². The largest absolute Gasteiger partial charge is 0.485 e. The van der Waals surface area contributed by atoms with Crippen molar-refractivity contribution in [1.82, 2.24) is 20.1 Å². The van der Waals surface area contributed by atoms with Crippen molar-refractivity contribution in [3.63, 3.8) is 0 Å². The molecule has 2 atom stereocenters. The maximum atomic E-state index is 12.4. The van der Waals surface area contributed by atoms with Crippen molar-refractivity contribution in [2.75, 3.05) is 12.4 Å². The molecule has 0 aliphatic carbocycles. The number of nitrogens with zero attached hydrogens (tertiary/aromatic N) is 3. The summed E-state index contributed by atoms with van der Waals surface area (Å²) >= 11 is 13.5. The molecule has 10 heteroatoms. The van der Waals surface area contributed by atoms with Crippen molar-refractivity contribution in [1.29, 1.82) is 0 Å². The highest BCUT2D eigenvalue weighted by molar-refractivity contribution is 7.99. The average molecular weight is 479 g/mol. The van der Waals surface area contributed by atoms with E-state index in [9.17, 15) is 4.79 Å². The zero-order chi connectivity index (χ0) is 22.0. The van der Waals surface area contributed by atoms with E-state index in [0.717, 1.165) is 5.56 Å². The Morgan fingerprint density at radius 2 is 2.03 bits per heavy atom. The van der Waals surface area contributed by atoms with Gasteiger partial charge in [-0.1, -0.05) is 53.2 Å². The highest BCUT2D eigenvalue weighted by atomic mass is 35.5. The van der Waals surface area contributed by atoms with Gasteiger partial charge < -0.3 is 19.4 Å². The number of carbonyl (C=O) groups is 1. The van der Waals surface area contributed by atoms with Gasteiger partial charge >= 0.3 is 0 Å². The van der Waals surface area contributed by atoms with E-state index < -0.39 is 0 Å². The Bertz CT molecular complexity index is 1110. The molecule has 3 aromatic rings. The van der Waals surface area contributed by atoms with Crippen molar-refractivity contribution in [2.24, 2.45) is 7.05 Å². The summed E-state index contributed by atoms with van der Waals surface area (Å²) in [4.78, 5) is 12.4. The van der Waals surface area contributed by atoms with E-state index >= 15 is 0 Å². The van der Waals surface area contributed by atoms with Gasteiger partial charge in [0.2, 0.25) is 5.91 Å². The summed E-state index contributed by atoms with van der Waals surface area (Å²) < 4.78 is 13.6. The van der Waals surface area contributed by atoms with E-state index in [1.807, 2.05) is 48.9 Å². The van der Waals surface area contributed by atoms with Gasteiger partial charge in [-0.05, 0) is 36.8 Å². The first-order valence-electron chi connectivity index (χ1n) is 9.57. The van der Waals surface area contributed by atoms with E-state index in [-0.39, 0.29) is 23.8 Å². The Morgan fingerprint density at radius 3 is 2.81 bits per heavy atom. The van der Waals surface area contributed by atoms with Crippen LogP contribution in [0.25, 0.3) is 0 Å². The Hall–Kier alpha value is -2.42. The van der Waals surface area contributed by atoms with Gasteiger partial charge in [0.25, 0.3) is 0 Å². The highest BCUT2D eigenvalue weighted by Crippen LogP contribution is 2.35. The number of hydrogen-bond donors (Lipinski definition) is 1. The maximum absolute atomic E-state index is 12.4. The van der Waals surface area contributed by atoms with Crippen molar-refractivity contribution < 1.29 is 14.3 Å². The van der Waals surface area contributed by atoms with Gasteiger partial charge in [0.1, 0.15) is 6.61 Å². The molecule has 1 N–H and O–H groups in total. The molecule has 0 fully saturated rings. The molecule has 2 aromatic carbocycles. The highest BCUT2D eigenvalue weighted by Gasteiger charge is 2.27. The first kappa shape index (κ1) is 21.8. The smallest absolute Gasteiger partial charge is 0.230 e. The van der Waals surface area contributed by atoms with Crippen LogP contribution in [-0.4, -0.2) is 33.0 Å². The first-order valence-corrected chi connectivity index (χ1v) is 11.3. The molecule has 0 saturated carbocycles. The van der Waals surface area contributed by atoms with Crippen LogP contribution in [0.1, 0.15) is 30.5 Å². The van der Waals surface area contributed by atoms with Crippen LogP contribution in [0.5, 0.6) is 11.5 Å². The molecule has 0 bridgehead atoms. The lowest BCUT2D eigenvalue weighted by Gasteiger charge is -2.25. The van der Waals surface area contributed by atoms with E-state index in [1.165, 1.54) is 11.8 Å². The predicted molar refractivity (Wildman–Crippen MR) is 120 cm³/mol. The summed E-state index contributed by atoms with van der Waals surface area (Å²) in [7, 11) is 1.84. The van der Waals surface area contributed by atoms with E-state index in [1.54, 1.807) is 12.1 Å². The lowest BCUT2D eigenvalue weighted by Crippen LogP contribution is -2.28. The second kappa shape index (κ2) is 9.38. The van der Waals surface area contributed by atoms with Gasteiger partial charge in [0.15, 0.2) is 28.6 Å². The molecule has 0 saturated heterocycles. The predicted octanol–water partition coefficient (Wildman–Crippen LogP) is 4.60. The van der Waals surface area contributed by atoms with Crippen LogP contribution in [0, 0.1) is 0 Å². The SMILES string of the molecule is C[C@H](NC(=O)CSc1nnc([C@@H]2COc3ccccc3O2)n1C)c1ccc(Cl)cc1Cl. The Balaban J connectivity index is 1.35. The zero-order valence-corrected chi connectivity index (χ0v) is 19.2. The second-order valence-electron chi connectivity index (χ2n) is 7.01. The molecule has 1 aromatic heterocycles. The van der Waals surface area contributed by atoms with Crippen molar-refractivity contribution in [3.05, 3.63) is 63.9 Å². The summed E-state index contributed by atoms with van der Waals surface area (Å²) in [5, 5.41) is 13.1. The van der Waals surface area contributed by atoms with Crippen LogP contribution in [0.2, 0.25) is 10.0 Å². The maximum Gasteiger partial charge on any atom is 0.230 e. The van der Waals surface area contributed by atoms with Crippen LogP contribution in [-0.2, 0) is 11.8 Å². The van der Waals surface area contributed by atoms with Crippen LogP contribution in [0.15, 0.2) is 47.6 Å². The Kier molecular flexibility index (Phi) is 6.60. The average Bonchev–Trinajstić information content (AvgIpc) is 3.12. The number of carbonyl (C=O) groups excluding carboxylic acids is 1. The van der Waals surface area contributed by atoms with E-state index in [0.29, 0.717) is 39.1 Å². The molecule has 0 radical (unpaired) electrons. The third-order valence-corrected chi connectivity index (χ3v) is 6.39. The lowest BCUT2D eigenvalue weighted by atomic mass is 10.1. The van der Waals surface area contributed by atoms with E-state index in [4.69, 9.17) is 32.7 Å². The number of ether oxygens (including phenoxy) is 2. The third kappa shape index (κ3) is 4.92. The van der Waals surface area contributed by atoms with Crippen LogP contribution in [0.3, 0.4) is 0 Å². The number of rotatable bonds is 6. The molecule has 4 rings (SSSR count). The van der Waals surface area contributed by atoms with Crippen LogP contribution in [0.4, 0.5) is 0 Å². The number of aromatic nitrogens is 3. The van der Waals surface area contributed by atoms with Crippen molar-refractivity contribution in [3.8, 4) is 11.5 Å². The molecular weight excluding hydrogens is 459 g/mol. The number of para-hydroxylation sites is 2. The molecule has 2 heterocycles. The zero-order valence-electron chi connectivity index (χ0n) is 16.8. The molecule has 31 heavy (non-hydrogen) atoms. The first-order chi connectivity index (χ1) is 14.9. The molecule has 162 valence electrons. The molecule has 7 nitrogen and oxygen atoms in total. The molecule has 0 unspecified atom stereocenters. The Morgan fingerprint density at radius 1 is 1.26 bits per heavy atom. The normalized spacial score (nSPS) is 16.1. The third-order valence-electron chi connectivity index (χ3n) is 4.80. The van der Waals surface area contributed by atoms with Gasteiger partial charge in [-0.25, -0.2) is 0 Å². The van der Waals surface area contributed by atoms with Gasteiger partial charge in [-0.2, -0.15) is 0 Å². The summed E-state index contributed by atoms with van der Waals surface area (Å²) in [6, 6.07) is 12.5. The Labute approximate surface area is 194 Å². The number of amides is 1. The number of thioether (sulfide) groups is 1. The number of benzene rings is 2. The van der Waals surface area contributed by atoms with Gasteiger partial charge in [0, 0.05) is 17.1 Å². The molecule has 1 aliphatic heterocycles. The minimum absolute atomic E-state index is 0.140. The minimum atomic E-state index is -0.373. The monoisotopic (exact) mass is 478 g/mol. The fourth-order valence-corrected chi connectivity index (χ4v) is 4.52. The van der Waals surface area contributed by atoms with Gasteiger partial charge in [-0.3, -0.25) is 4.79 Å². The van der Waals surface area contributed by atoms with Crippen molar-refractivity contribution >= 4 is 40.9 Å². The van der Waals surface area contributed by atoms with Crippen molar-refractivity contribution in [2.45, 2.75) is 24.2 Å². The molecular formula is C21H20Cl2N4O3S. The number of fused-ring (bicyclic) bond motifs is 1. The number of hydrogen-bond acceptors (Lipinski definition) is 6. The quantitative estimate of drug-likeness (QED) is 0.521. The lowest BCUT2D eigenvalue weighted by molar-refractivity contribution is -0.119. The minimum Gasteiger partial charge on any atom is -0.485 e. The topological polar surface area (TPSA) is 78.3 Å².